The second-order valence-corrected chi connectivity index (χ2v) is 5.54. The topological polar surface area (TPSA) is 38.8 Å². The number of likely N-dealkylation sites (tertiary alicyclic amines) is 1. The number of hydrogen-bond acceptors (Lipinski definition) is 4. The van der Waals surface area contributed by atoms with Gasteiger partial charge in [-0.2, -0.15) is 0 Å². The summed E-state index contributed by atoms with van der Waals surface area (Å²) in [6, 6.07) is 7.99. The molecule has 0 spiro atoms. The standard InChI is InChI=1S/C16H21NO3/c1-12(18)20-16-13-7-3-4-8-15(13)19-11-14(16)17-9-5-2-6-10-17/h3-4,7-8,14,16H,2,5-6,9-11H2,1H3. The molecule has 0 amide bonds. The normalized spacial score (nSPS) is 26.4. The summed E-state index contributed by atoms with van der Waals surface area (Å²) in [7, 11) is 0. The van der Waals surface area contributed by atoms with Crippen LogP contribution in [0.15, 0.2) is 24.3 Å². The number of fused-ring (bicyclic) bond motifs is 1. The highest BCUT2D eigenvalue weighted by molar-refractivity contribution is 5.66. The number of esters is 1. The molecule has 2 unspecified atom stereocenters. The number of nitrogens with zero attached hydrogens (tertiary/aromatic N) is 1. The highest BCUT2D eigenvalue weighted by atomic mass is 16.6. The molecule has 0 saturated carbocycles. The number of ether oxygens (including phenoxy) is 2. The van der Waals surface area contributed by atoms with E-state index in [1.54, 1.807) is 0 Å². The minimum atomic E-state index is -0.228. The van der Waals surface area contributed by atoms with E-state index in [1.807, 2.05) is 24.3 Å². The number of piperidine rings is 1. The van der Waals surface area contributed by atoms with Gasteiger partial charge < -0.3 is 9.47 Å². The van der Waals surface area contributed by atoms with Crippen LogP contribution in [-0.4, -0.2) is 36.6 Å². The third-order valence-electron chi connectivity index (χ3n) is 4.14. The van der Waals surface area contributed by atoms with E-state index < -0.39 is 0 Å². The maximum absolute atomic E-state index is 11.5. The van der Waals surface area contributed by atoms with Crippen molar-refractivity contribution in [2.75, 3.05) is 19.7 Å². The van der Waals surface area contributed by atoms with Crippen LogP contribution in [0.4, 0.5) is 0 Å². The zero-order chi connectivity index (χ0) is 13.9. The molecule has 2 atom stereocenters. The molecule has 2 heterocycles. The van der Waals surface area contributed by atoms with Crippen molar-refractivity contribution in [3.63, 3.8) is 0 Å². The van der Waals surface area contributed by atoms with Crippen LogP contribution in [0.2, 0.25) is 0 Å². The first kappa shape index (κ1) is 13.4. The predicted molar refractivity (Wildman–Crippen MR) is 75.7 cm³/mol. The van der Waals surface area contributed by atoms with E-state index in [1.165, 1.54) is 26.2 Å². The van der Waals surface area contributed by atoms with Gasteiger partial charge in [-0.15, -0.1) is 0 Å². The molecule has 2 aliphatic rings. The quantitative estimate of drug-likeness (QED) is 0.778. The van der Waals surface area contributed by atoms with Crippen molar-refractivity contribution in [1.82, 2.24) is 4.90 Å². The Hall–Kier alpha value is -1.55. The van der Waals surface area contributed by atoms with Gasteiger partial charge in [-0.3, -0.25) is 9.69 Å². The Morgan fingerprint density at radius 1 is 1.25 bits per heavy atom. The van der Waals surface area contributed by atoms with Crippen LogP contribution in [0.3, 0.4) is 0 Å². The fourth-order valence-corrected chi connectivity index (χ4v) is 3.18. The molecule has 108 valence electrons. The SMILES string of the molecule is CC(=O)OC1c2ccccc2OCC1N1CCCCC1. The number of para-hydroxylation sites is 1. The van der Waals surface area contributed by atoms with Crippen LogP contribution in [0, 0.1) is 0 Å². The number of hydrogen-bond donors (Lipinski definition) is 0. The van der Waals surface area contributed by atoms with Crippen LogP contribution in [-0.2, 0) is 9.53 Å². The van der Waals surface area contributed by atoms with Gasteiger partial charge in [-0.05, 0) is 32.0 Å². The molecule has 4 nitrogen and oxygen atoms in total. The fourth-order valence-electron chi connectivity index (χ4n) is 3.18. The Bertz CT molecular complexity index is 482. The average Bonchev–Trinajstić information content (AvgIpc) is 2.48. The fraction of sp³-hybridized carbons (Fsp3) is 0.562. The second kappa shape index (κ2) is 5.83. The molecule has 1 aromatic carbocycles. The summed E-state index contributed by atoms with van der Waals surface area (Å²) in [5, 5.41) is 0. The molecular weight excluding hydrogens is 254 g/mol. The molecule has 0 radical (unpaired) electrons. The maximum atomic E-state index is 11.5. The van der Waals surface area contributed by atoms with Crippen molar-refractivity contribution in [3.8, 4) is 5.75 Å². The largest absolute Gasteiger partial charge is 0.491 e. The molecule has 1 fully saturated rings. The van der Waals surface area contributed by atoms with Crippen molar-refractivity contribution in [3.05, 3.63) is 29.8 Å². The Morgan fingerprint density at radius 3 is 2.75 bits per heavy atom. The van der Waals surface area contributed by atoms with Crippen LogP contribution >= 0.6 is 0 Å². The molecule has 0 bridgehead atoms. The van der Waals surface area contributed by atoms with Gasteiger partial charge >= 0.3 is 5.97 Å². The van der Waals surface area contributed by atoms with Gasteiger partial charge in [0.05, 0.1) is 6.04 Å². The van der Waals surface area contributed by atoms with Gasteiger partial charge in [-0.1, -0.05) is 24.6 Å². The number of carbonyl (C=O) groups excluding carboxylic acids is 1. The summed E-state index contributed by atoms with van der Waals surface area (Å²) in [6.07, 6.45) is 3.50. The lowest BCUT2D eigenvalue weighted by Gasteiger charge is -2.41. The summed E-state index contributed by atoms with van der Waals surface area (Å²) >= 11 is 0. The summed E-state index contributed by atoms with van der Waals surface area (Å²) in [6.45, 7) is 4.20. The molecule has 0 aliphatic carbocycles. The van der Waals surface area contributed by atoms with Gasteiger partial charge in [0.1, 0.15) is 18.5 Å². The predicted octanol–water partition coefficient (Wildman–Crippen LogP) is 2.54. The molecule has 2 aliphatic heterocycles. The molecular formula is C16H21NO3. The molecule has 20 heavy (non-hydrogen) atoms. The Balaban J connectivity index is 1.88. The van der Waals surface area contributed by atoms with Crippen LogP contribution in [0.1, 0.15) is 37.9 Å². The van der Waals surface area contributed by atoms with Gasteiger partial charge in [0, 0.05) is 12.5 Å². The van der Waals surface area contributed by atoms with Crippen molar-refractivity contribution in [2.45, 2.75) is 38.3 Å². The highest BCUT2D eigenvalue weighted by Gasteiger charge is 2.37. The van der Waals surface area contributed by atoms with Crippen molar-refractivity contribution in [2.24, 2.45) is 0 Å². The third-order valence-corrected chi connectivity index (χ3v) is 4.14. The van der Waals surface area contributed by atoms with Crippen molar-refractivity contribution < 1.29 is 14.3 Å². The summed E-state index contributed by atoms with van der Waals surface area (Å²) in [5.74, 6) is 0.612. The van der Waals surface area contributed by atoms with Gasteiger partial charge in [-0.25, -0.2) is 0 Å². The van der Waals surface area contributed by atoms with Gasteiger partial charge in [0.15, 0.2) is 0 Å². The molecule has 1 aromatic rings. The Kier molecular flexibility index (Phi) is 3.92. The molecule has 0 N–H and O–H groups in total. The lowest BCUT2D eigenvalue weighted by atomic mass is 9.96. The van der Waals surface area contributed by atoms with E-state index >= 15 is 0 Å². The third kappa shape index (κ3) is 2.66. The zero-order valence-corrected chi connectivity index (χ0v) is 11.9. The monoisotopic (exact) mass is 275 g/mol. The van der Waals surface area contributed by atoms with E-state index in [9.17, 15) is 4.79 Å². The lowest BCUT2D eigenvalue weighted by molar-refractivity contribution is -0.153. The minimum Gasteiger partial charge on any atom is -0.491 e. The molecule has 3 rings (SSSR count). The first-order valence-corrected chi connectivity index (χ1v) is 7.39. The van der Waals surface area contributed by atoms with E-state index in [2.05, 4.69) is 4.90 Å². The van der Waals surface area contributed by atoms with Crippen LogP contribution in [0.5, 0.6) is 5.75 Å². The van der Waals surface area contributed by atoms with Crippen LogP contribution in [0.25, 0.3) is 0 Å². The second-order valence-electron chi connectivity index (χ2n) is 5.54. The van der Waals surface area contributed by atoms with Gasteiger partial charge in [0.2, 0.25) is 0 Å². The summed E-state index contributed by atoms with van der Waals surface area (Å²) in [4.78, 5) is 13.9. The summed E-state index contributed by atoms with van der Waals surface area (Å²) < 4.78 is 11.5. The van der Waals surface area contributed by atoms with Crippen molar-refractivity contribution >= 4 is 5.97 Å². The van der Waals surface area contributed by atoms with Crippen molar-refractivity contribution in [1.29, 1.82) is 0 Å². The average molecular weight is 275 g/mol. The lowest BCUT2D eigenvalue weighted by Crippen LogP contribution is -2.49. The Labute approximate surface area is 119 Å². The first-order valence-electron chi connectivity index (χ1n) is 7.39. The van der Waals surface area contributed by atoms with Crippen LogP contribution < -0.4 is 4.74 Å². The molecule has 4 heteroatoms. The number of rotatable bonds is 2. The molecule has 0 aromatic heterocycles. The summed E-state index contributed by atoms with van der Waals surface area (Å²) in [5.41, 5.74) is 0.990. The van der Waals surface area contributed by atoms with E-state index in [-0.39, 0.29) is 18.1 Å². The number of carbonyl (C=O) groups is 1. The highest BCUT2D eigenvalue weighted by Crippen LogP contribution is 2.37. The van der Waals surface area contributed by atoms with Gasteiger partial charge in [0.25, 0.3) is 0 Å². The van der Waals surface area contributed by atoms with E-state index in [0.717, 1.165) is 24.4 Å². The Morgan fingerprint density at radius 2 is 2.00 bits per heavy atom. The maximum Gasteiger partial charge on any atom is 0.303 e. The minimum absolute atomic E-state index is 0.133. The zero-order valence-electron chi connectivity index (χ0n) is 11.9. The van der Waals surface area contributed by atoms with E-state index in [0.29, 0.717) is 6.61 Å². The van der Waals surface area contributed by atoms with E-state index in [4.69, 9.17) is 9.47 Å². The smallest absolute Gasteiger partial charge is 0.303 e. The number of benzene rings is 1. The molecule has 1 saturated heterocycles. The first-order chi connectivity index (χ1) is 9.75.